The van der Waals surface area contributed by atoms with Crippen LogP contribution in [0.4, 0.5) is 10.5 Å². The van der Waals surface area contributed by atoms with Crippen molar-refractivity contribution in [1.82, 2.24) is 5.32 Å². The van der Waals surface area contributed by atoms with Gasteiger partial charge in [-0.2, -0.15) is 0 Å². The van der Waals surface area contributed by atoms with Crippen molar-refractivity contribution in [2.24, 2.45) is 0 Å². The van der Waals surface area contributed by atoms with Crippen molar-refractivity contribution in [3.63, 3.8) is 0 Å². The molecule has 1 saturated heterocycles. The van der Waals surface area contributed by atoms with Crippen LogP contribution in [0.1, 0.15) is 21.5 Å². The fourth-order valence-electron chi connectivity index (χ4n) is 3.60. The van der Waals surface area contributed by atoms with Crippen LogP contribution in [0.25, 0.3) is 6.08 Å². The summed E-state index contributed by atoms with van der Waals surface area (Å²) < 4.78 is 16.0. The maximum atomic E-state index is 13.1. The number of nitrogens with one attached hydrogen (secondary N) is 1. The van der Waals surface area contributed by atoms with Crippen molar-refractivity contribution in [3.05, 3.63) is 89.0 Å². The van der Waals surface area contributed by atoms with Gasteiger partial charge in [0.1, 0.15) is 11.3 Å². The van der Waals surface area contributed by atoms with Gasteiger partial charge in [-0.05, 0) is 55.0 Å². The van der Waals surface area contributed by atoms with Gasteiger partial charge in [0.25, 0.3) is 11.8 Å². The second-order valence-corrected chi connectivity index (χ2v) is 7.83. The molecule has 0 spiro atoms. The topological polar surface area (TPSA) is 111 Å². The highest BCUT2D eigenvalue weighted by Crippen LogP contribution is 2.31. The highest BCUT2D eigenvalue weighted by Gasteiger charge is 2.37. The zero-order valence-electron chi connectivity index (χ0n) is 19.7. The van der Waals surface area contributed by atoms with Gasteiger partial charge in [0.05, 0.1) is 25.5 Å². The molecule has 4 rings (SSSR count). The molecule has 3 aromatic rings. The molecule has 1 aliphatic heterocycles. The van der Waals surface area contributed by atoms with Crippen LogP contribution in [0.2, 0.25) is 0 Å². The van der Waals surface area contributed by atoms with Crippen LogP contribution in [0.5, 0.6) is 17.2 Å². The first-order chi connectivity index (χ1) is 17.3. The van der Waals surface area contributed by atoms with Gasteiger partial charge in [0, 0.05) is 6.07 Å². The molecule has 0 bridgehead atoms. The van der Waals surface area contributed by atoms with Crippen molar-refractivity contribution in [2.75, 3.05) is 19.1 Å². The molecule has 1 fully saturated rings. The SMILES string of the molecule is COc1cccc(N2C(=O)NC(=O)C(=Cc3ccc(OC(=O)c4cccc(C)c4)c(OC)c3)C2=O)c1. The largest absolute Gasteiger partial charge is 0.497 e. The normalized spacial score (nSPS) is 14.5. The molecule has 1 aliphatic rings. The number of hydrogen-bond donors (Lipinski definition) is 1. The third-order valence-corrected chi connectivity index (χ3v) is 5.37. The molecule has 3 aromatic carbocycles. The number of urea groups is 1. The summed E-state index contributed by atoms with van der Waals surface area (Å²) in [5.41, 5.74) is 1.70. The first-order valence-corrected chi connectivity index (χ1v) is 10.8. The van der Waals surface area contributed by atoms with Crippen molar-refractivity contribution >= 4 is 35.6 Å². The average Bonchev–Trinajstić information content (AvgIpc) is 2.87. The summed E-state index contributed by atoms with van der Waals surface area (Å²) in [4.78, 5) is 51.5. The minimum absolute atomic E-state index is 0.166. The van der Waals surface area contributed by atoms with Gasteiger partial charge in [-0.3, -0.25) is 14.9 Å². The van der Waals surface area contributed by atoms with Gasteiger partial charge in [-0.25, -0.2) is 14.5 Å². The number of amides is 4. The minimum atomic E-state index is -0.869. The Morgan fingerprint density at radius 3 is 2.39 bits per heavy atom. The van der Waals surface area contributed by atoms with E-state index in [1.165, 1.54) is 38.5 Å². The number of aryl methyl sites for hydroxylation is 1. The van der Waals surface area contributed by atoms with E-state index in [9.17, 15) is 19.2 Å². The quantitative estimate of drug-likeness (QED) is 0.243. The molecule has 0 aromatic heterocycles. The fraction of sp³-hybridized carbons (Fsp3) is 0.111. The minimum Gasteiger partial charge on any atom is -0.497 e. The predicted octanol–water partition coefficient (Wildman–Crippen LogP) is 3.90. The summed E-state index contributed by atoms with van der Waals surface area (Å²) in [5, 5.41) is 2.17. The molecule has 0 radical (unpaired) electrons. The van der Waals surface area contributed by atoms with E-state index in [2.05, 4.69) is 5.32 Å². The molecule has 9 heteroatoms. The van der Waals surface area contributed by atoms with Gasteiger partial charge in [0.15, 0.2) is 11.5 Å². The zero-order chi connectivity index (χ0) is 25.8. The molecule has 9 nitrogen and oxygen atoms in total. The van der Waals surface area contributed by atoms with E-state index >= 15 is 0 Å². The number of esters is 1. The van der Waals surface area contributed by atoms with E-state index in [4.69, 9.17) is 14.2 Å². The van der Waals surface area contributed by atoms with Crippen LogP contribution < -0.4 is 24.4 Å². The van der Waals surface area contributed by atoms with Gasteiger partial charge in [-0.1, -0.05) is 29.8 Å². The predicted molar refractivity (Wildman–Crippen MR) is 131 cm³/mol. The van der Waals surface area contributed by atoms with Gasteiger partial charge < -0.3 is 14.2 Å². The number of ether oxygens (including phenoxy) is 3. The van der Waals surface area contributed by atoms with Crippen molar-refractivity contribution in [1.29, 1.82) is 0 Å². The van der Waals surface area contributed by atoms with E-state index in [-0.39, 0.29) is 22.8 Å². The van der Waals surface area contributed by atoms with E-state index in [1.54, 1.807) is 42.5 Å². The summed E-state index contributed by atoms with van der Waals surface area (Å²) >= 11 is 0. The van der Waals surface area contributed by atoms with Crippen LogP contribution in [0.15, 0.2) is 72.3 Å². The number of imide groups is 2. The monoisotopic (exact) mass is 486 g/mol. The third-order valence-electron chi connectivity index (χ3n) is 5.37. The molecule has 0 atom stereocenters. The molecule has 0 saturated carbocycles. The summed E-state index contributed by atoms with van der Waals surface area (Å²) in [6, 6.07) is 17.0. The van der Waals surface area contributed by atoms with Crippen LogP contribution in [0, 0.1) is 6.92 Å². The van der Waals surface area contributed by atoms with Crippen molar-refractivity contribution in [2.45, 2.75) is 6.92 Å². The van der Waals surface area contributed by atoms with Crippen LogP contribution in [-0.4, -0.2) is 38.0 Å². The van der Waals surface area contributed by atoms with E-state index in [1.807, 2.05) is 13.0 Å². The maximum absolute atomic E-state index is 13.1. The van der Waals surface area contributed by atoms with Crippen LogP contribution in [-0.2, 0) is 9.59 Å². The van der Waals surface area contributed by atoms with Gasteiger partial charge in [-0.15, -0.1) is 0 Å². The zero-order valence-corrected chi connectivity index (χ0v) is 19.7. The second-order valence-electron chi connectivity index (χ2n) is 7.83. The molecule has 0 aliphatic carbocycles. The standard InChI is InChI=1S/C27H22N2O7/c1-16-6-4-7-18(12-16)26(32)36-22-11-10-17(14-23(22)35-3)13-21-24(30)28-27(33)29(25(21)31)19-8-5-9-20(15-19)34-2/h4-15H,1-3H3,(H,28,30,33). The molecule has 1 N–H and O–H groups in total. The average molecular weight is 486 g/mol. The Bertz CT molecular complexity index is 1410. The summed E-state index contributed by atoms with van der Waals surface area (Å²) in [5.74, 6) is -1.37. The van der Waals surface area contributed by atoms with E-state index in [0.29, 0.717) is 16.9 Å². The lowest BCUT2D eigenvalue weighted by Gasteiger charge is -2.26. The smallest absolute Gasteiger partial charge is 0.343 e. The fourth-order valence-corrected chi connectivity index (χ4v) is 3.60. The lowest BCUT2D eigenvalue weighted by Crippen LogP contribution is -2.54. The number of carbonyl (C=O) groups excluding carboxylic acids is 4. The molecule has 182 valence electrons. The number of anilines is 1. The van der Waals surface area contributed by atoms with E-state index < -0.39 is 23.8 Å². The Kier molecular flexibility index (Phi) is 6.82. The number of methoxy groups -OCH3 is 2. The molecule has 4 amide bonds. The lowest BCUT2D eigenvalue weighted by molar-refractivity contribution is -0.122. The maximum Gasteiger partial charge on any atom is 0.343 e. The first-order valence-electron chi connectivity index (χ1n) is 10.8. The molecule has 36 heavy (non-hydrogen) atoms. The van der Waals surface area contributed by atoms with Gasteiger partial charge in [0.2, 0.25) is 0 Å². The number of benzene rings is 3. The van der Waals surface area contributed by atoms with Crippen molar-refractivity contribution in [3.8, 4) is 17.2 Å². The number of rotatable bonds is 6. The van der Waals surface area contributed by atoms with Crippen LogP contribution in [0.3, 0.4) is 0 Å². The first kappa shape index (κ1) is 24.2. The highest BCUT2D eigenvalue weighted by molar-refractivity contribution is 6.39. The molecular formula is C27H22N2O7. The summed E-state index contributed by atoms with van der Waals surface area (Å²) in [7, 11) is 2.86. The van der Waals surface area contributed by atoms with E-state index in [0.717, 1.165) is 10.5 Å². The third kappa shape index (κ3) is 4.95. The Labute approximate surface area is 206 Å². The Balaban J connectivity index is 1.63. The number of nitrogens with zero attached hydrogens (tertiary/aromatic N) is 1. The molecule has 1 heterocycles. The highest BCUT2D eigenvalue weighted by atomic mass is 16.6. The van der Waals surface area contributed by atoms with Gasteiger partial charge >= 0.3 is 12.0 Å². The molecular weight excluding hydrogens is 464 g/mol. The summed E-state index contributed by atoms with van der Waals surface area (Å²) in [6.45, 7) is 1.87. The number of carbonyl (C=O) groups is 4. The lowest BCUT2D eigenvalue weighted by atomic mass is 10.1. The Morgan fingerprint density at radius 2 is 1.67 bits per heavy atom. The second kappa shape index (κ2) is 10.1. The number of hydrogen-bond acceptors (Lipinski definition) is 7. The summed E-state index contributed by atoms with van der Waals surface area (Å²) in [6.07, 6.45) is 1.33. The van der Waals surface area contributed by atoms with Crippen molar-refractivity contribution < 1.29 is 33.4 Å². The Hall–Kier alpha value is -4.92. The molecule has 0 unspecified atom stereocenters. The number of barbiturate groups is 1. The Morgan fingerprint density at radius 1 is 0.889 bits per heavy atom. The van der Waals surface area contributed by atoms with Crippen LogP contribution >= 0.6 is 0 Å².